The molecule has 0 aromatic carbocycles. The summed E-state index contributed by atoms with van der Waals surface area (Å²) in [5.41, 5.74) is 7.78. The molecular formula is C21H29ClF4N6O2. The SMILES string of the molecule is CCOC[C@H](c1cnn2cc([C@@H](N)C3CCC(F)(F)CC3)nc2c1)N1CC(F)(F)CNC1=O.Cl. The maximum Gasteiger partial charge on any atom is 0.318 e. The third-order valence-corrected chi connectivity index (χ3v) is 6.37. The van der Waals surface area contributed by atoms with E-state index in [4.69, 9.17) is 10.5 Å². The number of rotatable bonds is 7. The molecule has 34 heavy (non-hydrogen) atoms. The van der Waals surface area contributed by atoms with E-state index >= 15 is 0 Å². The summed E-state index contributed by atoms with van der Waals surface area (Å²) in [6.07, 6.45) is 3.38. The monoisotopic (exact) mass is 508 g/mol. The summed E-state index contributed by atoms with van der Waals surface area (Å²) in [6.45, 7) is 0.684. The number of fused-ring (bicyclic) bond motifs is 1. The van der Waals surface area contributed by atoms with Gasteiger partial charge in [-0.1, -0.05) is 0 Å². The van der Waals surface area contributed by atoms with Gasteiger partial charge in [0.25, 0.3) is 5.92 Å². The molecule has 190 valence electrons. The zero-order valence-electron chi connectivity index (χ0n) is 18.7. The number of hydrogen-bond donors (Lipinski definition) is 2. The number of ether oxygens (including phenoxy) is 1. The summed E-state index contributed by atoms with van der Waals surface area (Å²) in [5, 5.41) is 6.53. The highest BCUT2D eigenvalue weighted by molar-refractivity contribution is 5.85. The molecule has 2 aromatic heterocycles. The molecule has 3 N–H and O–H groups in total. The largest absolute Gasteiger partial charge is 0.379 e. The molecule has 4 rings (SSSR count). The van der Waals surface area contributed by atoms with Crippen LogP contribution in [0.2, 0.25) is 0 Å². The fourth-order valence-corrected chi connectivity index (χ4v) is 4.45. The molecule has 1 saturated heterocycles. The van der Waals surface area contributed by atoms with Crippen molar-refractivity contribution in [3.05, 3.63) is 29.7 Å². The molecule has 0 radical (unpaired) electrons. The van der Waals surface area contributed by atoms with Gasteiger partial charge in [-0.15, -0.1) is 12.4 Å². The van der Waals surface area contributed by atoms with Gasteiger partial charge in [0.05, 0.1) is 49.9 Å². The van der Waals surface area contributed by atoms with Crippen LogP contribution in [0.3, 0.4) is 0 Å². The zero-order valence-corrected chi connectivity index (χ0v) is 19.5. The van der Waals surface area contributed by atoms with Crippen LogP contribution in [0, 0.1) is 5.92 Å². The maximum atomic E-state index is 14.0. The molecule has 0 unspecified atom stereocenters. The minimum absolute atomic E-state index is 0. The van der Waals surface area contributed by atoms with Crippen LogP contribution in [0.15, 0.2) is 18.5 Å². The van der Waals surface area contributed by atoms with Crippen molar-refractivity contribution in [2.45, 2.75) is 56.5 Å². The fraction of sp³-hybridized carbons (Fsp3) is 0.667. The number of imidazole rings is 1. The summed E-state index contributed by atoms with van der Waals surface area (Å²) >= 11 is 0. The molecule has 8 nitrogen and oxygen atoms in total. The van der Waals surface area contributed by atoms with E-state index < -0.39 is 43.0 Å². The van der Waals surface area contributed by atoms with Crippen molar-refractivity contribution in [3.8, 4) is 0 Å². The minimum Gasteiger partial charge on any atom is -0.379 e. The Morgan fingerprint density at radius 1 is 1.26 bits per heavy atom. The third kappa shape index (κ3) is 5.72. The van der Waals surface area contributed by atoms with Gasteiger partial charge in [0.15, 0.2) is 5.65 Å². The fourth-order valence-electron chi connectivity index (χ4n) is 4.45. The summed E-state index contributed by atoms with van der Waals surface area (Å²) in [7, 11) is 0. The Labute approximate surface area is 200 Å². The first-order valence-electron chi connectivity index (χ1n) is 11.1. The van der Waals surface area contributed by atoms with Crippen molar-refractivity contribution in [1.82, 2.24) is 24.8 Å². The molecule has 0 bridgehead atoms. The van der Waals surface area contributed by atoms with Gasteiger partial charge in [0.1, 0.15) is 0 Å². The number of amides is 2. The molecule has 3 heterocycles. The lowest BCUT2D eigenvalue weighted by Gasteiger charge is -2.38. The first kappa shape index (κ1) is 26.4. The molecule has 1 aliphatic heterocycles. The van der Waals surface area contributed by atoms with Gasteiger partial charge >= 0.3 is 6.03 Å². The van der Waals surface area contributed by atoms with E-state index in [0.717, 1.165) is 4.90 Å². The van der Waals surface area contributed by atoms with Gasteiger partial charge < -0.3 is 20.7 Å². The minimum atomic E-state index is -3.07. The Kier molecular flexibility index (Phi) is 7.93. The van der Waals surface area contributed by atoms with Gasteiger partial charge in [-0.3, -0.25) is 0 Å². The summed E-state index contributed by atoms with van der Waals surface area (Å²) in [4.78, 5) is 17.9. The van der Waals surface area contributed by atoms with Crippen LogP contribution in [0.5, 0.6) is 0 Å². The van der Waals surface area contributed by atoms with Gasteiger partial charge in [-0.25, -0.2) is 31.9 Å². The standard InChI is InChI=1S/C21H28F4N6O2.ClH/c1-2-33-10-16(30-12-21(24,25)11-27-19(30)32)14-7-17-29-15(9-31(17)28-8-14)18(26)13-3-5-20(22,23)6-4-13;/h7-9,13,16,18H,2-6,10-12,26H2,1H3,(H,27,32);1H/t16-,18+;/m1./s1. The first-order valence-corrected chi connectivity index (χ1v) is 11.1. The second kappa shape index (κ2) is 10.2. The van der Waals surface area contributed by atoms with E-state index in [1.165, 1.54) is 10.7 Å². The lowest BCUT2D eigenvalue weighted by atomic mass is 9.81. The van der Waals surface area contributed by atoms with Crippen LogP contribution in [0.4, 0.5) is 22.4 Å². The lowest BCUT2D eigenvalue weighted by Crippen LogP contribution is -2.58. The lowest BCUT2D eigenvalue weighted by molar-refractivity contribution is -0.0527. The number of nitrogens with zero attached hydrogens (tertiary/aromatic N) is 4. The second-order valence-corrected chi connectivity index (χ2v) is 8.79. The van der Waals surface area contributed by atoms with Crippen molar-refractivity contribution < 1.29 is 27.1 Å². The zero-order chi connectivity index (χ0) is 23.8. The second-order valence-electron chi connectivity index (χ2n) is 8.79. The topological polar surface area (TPSA) is 97.8 Å². The molecule has 2 fully saturated rings. The van der Waals surface area contributed by atoms with E-state index in [0.29, 0.717) is 36.4 Å². The molecule has 1 saturated carbocycles. The van der Waals surface area contributed by atoms with Gasteiger partial charge in [0.2, 0.25) is 5.92 Å². The molecule has 2 atom stereocenters. The Balaban J connectivity index is 0.00000324. The number of carbonyl (C=O) groups is 1. The Bertz CT molecular complexity index is 997. The predicted molar refractivity (Wildman–Crippen MR) is 118 cm³/mol. The molecule has 13 heteroatoms. The van der Waals surface area contributed by atoms with E-state index in [9.17, 15) is 22.4 Å². The number of alkyl halides is 4. The third-order valence-electron chi connectivity index (χ3n) is 6.37. The Hall–Kier alpha value is -2.18. The van der Waals surface area contributed by atoms with Gasteiger partial charge in [0, 0.05) is 25.0 Å². The van der Waals surface area contributed by atoms with Gasteiger partial charge in [-0.2, -0.15) is 5.10 Å². The van der Waals surface area contributed by atoms with Gasteiger partial charge in [-0.05, 0) is 31.7 Å². The molecular weight excluding hydrogens is 480 g/mol. The van der Waals surface area contributed by atoms with Crippen LogP contribution < -0.4 is 11.1 Å². The maximum absolute atomic E-state index is 14.0. The highest BCUT2D eigenvalue weighted by Crippen LogP contribution is 2.40. The van der Waals surface area contributed by atoms with Crippen molar-refractivity contribution in [1.29, 1.82) is 0 Å². The number of urea groups is 1. The van der Waals surface area contributed by atoms with Crippen LogP contribution in [-0.4, -0.2) is 63.7 Å². The Morgan fingerprint density at radius 3 is 2.65 bits per heavy atom. The van der Waals surface area contributed by atoms with Crippen molar-refractivity contribution in [2.24, 2.45) is 11.7 Å². The highest BCUT2D eigenvalue weighted by Gasteiger charge is 2.42. The molecule has 2 aliphatic rings. The highest BCUT2D eigenvalue weighted by atomic mass is 35.5. The van der Waals surface area contributed by atoms with Crippen LogP contribution in [0.25, 0.3) is 5.65 Å². The van der Waals surface area contributed by atoms with Crippen LogP contribution in [0.1, 0.15) is 55.9 Å². The number of hydrogen-bond acceptors (Lipinski definition) is 5. The Morgan fingerprint density at radius 2 is 1.97 bits per heavy atom. The summed E-state index contributed by atoms with van der Waals surface area (Å²) in [6, 6.07) is -0.257. The smallest absolute Gasteiger partial charge is 0.318 e. The predicted octanol–water partition coefficient (Wildman–Crippen LogP) is 3.71. The van der Waals surface area contributed by atoms with Crippen molar-refractivity contribution in [3.63, 3.8) is 0 Å². The molecule has 0 spiro atoms. The number of carbonyl (C=O) groups excluding carboxylic acids is 1. The summed E-state index contributed by atoms with van der Waals surface area (Å²) < 4.78 is 62.0. The van der Waals surface area contributed by atoms with Crippen LogP contribution in [-0.2, 0) is 4.74 Å². The van der Waals surface area contributed by atoms with E-state index in [2.05, 4.69) is 15.4 Å². The average Bonchev–Trinajstić information content (AvgIpc) is 3.19. The van der Waals surface area contributed by atoms with E-state index in [1.54, 1.807) is 19.2 Å². The van der Waals surface area contributed by atoms with E-state index in [1.807, 2.05) is 0 Å². The van der Waals surface area contributed by atoms with Crippen molar-refractivity contribution in [2.75, 3.05) is 26.3 Å². The van der Waals surface area contributed by atoms with Crippen LogP contribution >= 0.6 is 12.4 Å². The molecule has 1 aliphatic carbocycles. The van der Waals surface area contributed by atoms with Crippen molar-refractivity contribution >= 4 is 24.1 Å². The average molecular weight is 509 g/mol. The number of aromatic nitrogens is 3. The number of nitrogens with two attached hydrogens (primary N) is 1. The van der Waals surface area contributed by atoms with E-state index in [-0.39, 0.29) is 37.8 Å². The number of halogens is 5. The summed E-state index contributed by atoms with van der Waals surface area (Å²) in [5.74, 6) is -5.82. The normalized spacial score (nSPS) is 22.2. The molecule has 2 aromatic rings. The molecule has 2 amide bonds. The quantitative estimate of drug-likeness (QED) is 0.556. The first-order chi connectivity index (χ1) is 15.6. The number of nitrogens with one attached hydrogen (secondary N) is 1.